The molecule has 0 bridgehead atoms. The molecule has 0 spiro atoms. The molecule has 1 aliphatic heterocycles. The molecule has 0 unspecified atom stereocenters. The summed E-state index contributed by atoms with van der Waals surface area (Å²) >= 11 is 7.72. The molecular formula is C12H9ClKNS. The Bertz CT molecular complexity index is 530. The second kappa shape index (κ2) is 5.44. The summed E-state index contributed by atoms with van der Waals surface area (Å²) in [6.07, 6.45) is 0. The Kier molecular flexibility index (Phi) is 4.41. The summed E-state index contributed by atoms with van der Waals surface area (Å²) in [7, 11) is 0. The second-order valence-electron chi connectivity index (χ2n) is 3.36. The zero-order valence-corrected chi connectivity index (χ0v) is 9.40. The SMILES string of the molecule is Clc1ccc2c(c1)Nc1ccccc1S2.[KH]. The Hall–Kier alpha value is 0.516. The molecule has 76 valence electrons. The van der Waals surface area contributed by atoms with Crippen molar-refractivity contribution in [2.45, 2.75) is 9.79 Å². The van der Waals surface area contributed by atoms with Crippen LogP contribution in [0.2, 0.25) is 5.02 Å². The third-order valence-corrected chi connectivity index (χ3v) is 3.70. The van der Waals surface area contributed by atoms with Crippen LogP contribution in [0.25, 0.3) is 0 Å². The molecular weight excluding hydrogens is 265 g/mol. The molecule has 2 aromatic carbocycles. The van der Waals surface area contributed by atoms with Crippen LogP contribution >= 0.6 is 23.4 Å². The fraction of sp³-hybridized carbons (Fsp3) is 0. The summed E-state index contributed by atoms with van der Waals surface area (Å²) in [6.45, 7) is 0. The van der Waals surface area contributed by atoms with Crippen molar-refractivity contribution >= 4 is 86.1 Å². The van der Waals surface area contributed by atoms with E-state index < -0.39 is 0 Å². The van der Waals surface area contributed by atoms with Crippen LogP contribution in [-0.2, 0) is 0 Å². The first-order valence-electron chi connectivity index (χ1n) is 4.66. The van der Waals surface area contributed by atoms with E-state index in [1.54, 1.807) is 11.8 Å². The summed E-state index contributed by atoms with van der Waals surface area (Å²) in [5.41, 5.74) is 2.24. The number of nitrogens with one attached hydrogen (secondary N) is 1. The van der Waals surface area contributed by atoms with E-state index in [9.17, 15) is 0 Å². The van der Waals surface area contributed by atoms with Gasteiger partial charge in [0.25, 0.3) is 0 Å². The predicted molar refractivity (Wildman–Crippen MR) is 72.4 cm³/mol. The molecule has 4 heteroatoms. The summed E-state index contributed by atoms with van der Waals surface area (Å²) in [5.74, 6) is 0. The van der Waals surface area contributed by atoms with Crippen molar-refractivity contribution in [2.75, 3.05) is 5.32 Å². The van der Waals surface area contributed by atoms with Crippen molar-refractivity contribution in [3.8, 4) is 0 Å². The maximum absolute atomic E-state index is 5.95. The van der Waals surface area contributed by atoms with Crippen LogP contribution in [0.4, 0.5) is 11.4 Å². The Balaban J connectivity index is 0.000000963. The van der Waals surface area contributed by atoms with Crippen LogP contribution < -0.4 is 5.32 Å². The number of fused-ring (bicyclic) bond motifs is 2. The van der Waals surface area contributed by atoms with E-state index >= 15 is 0 Å². The van der Waals surface area contributed by atoms with Crippen molar-refractivity contribution in [1.82, 2.24) is 0 Å². The van der Waals surface area contributed by atoms with E-state index in [-0.39, 0.29) is 51.4 Å². The van der Waals surface area contributed by atoms with Crippen LogP contribution in [0.15, 0.2) is 52.3 Å². The van der Waals surface area contributed by atoms with Gasteiger partial charge in [0.1, 0.15) is 0 Å². The molecule has 0 atom stereocenters. The minimum atomic E-state index is 0. The van der Waals surface area contributed by atoms with E-state index in [1.807, 2.05) is 24.3 Å². The maximum atomic E-state index is 5.95. The first-order chi connectivity index (χ1) is 7.33. The monoisotopic (exact) mass is 273 g/mol. The number of para-hydroxylation sites is 1. The number of anilines is 2. The van der Waals surface area contributed by atoms with E-state index in [1.165, 1.54) is 9.79 Å². The number of benzene rings is 2. The van der Waals surface area contributed by atoms with Crippen LogP contribution in [0.3, 0.4) is 0 Å². The average Bonchev–Trinajstić information content (AvgIpc) is 2.26. The molecule has 0 radical (unpaired) electrons. The fourth-order valence-electron chi connectivity index (χ4n) is 1.61. The van der Waals surface area contributed by atoms with Crippen molar-refractivity contribution in [3.05, 3.63) is 47.5 Å². The molecule has 0 aliphatic carbocycles. The summed E-state index contributed by atoms with van der Waals surface area (Å²) in [6, 6.07) is 14.2. The Morgan fingerprint density at radius 3 is 2.56 bits per heavy atom. The molecule has 0 saturated heterocycles. The van der Waals surface area contributed by atoms with Gasteiger partial charge in [-0.05, 0) is 30.3 Å². The molecule has 16 heavy (non-hydrogen) atoms. The standard InChI is InChI=1S/C12H8ClNS.K.H/c13-8-5-6-12-10(7-8)14-9-3-1-2-4-11(9)15-12;;/h1-7,14H;;. The quantitative estimate of drug-likeness (QED) is 0.624. The molecule has 0 amide bonds. The average molecular weight is 274 g/mol. The molecule has 3 rings (SSSR count). The van der Waals surface area contributed by atoms with Crippen molar-refractivity contribution in [1.29, 1.82) is 0 Å². The van der Waals surface area contributed by atoms with Crippen LogP contribution in [0.5, 0.6) is 0 Å². The van der Waals surface area contributed by atoms with Crippen molar-refractivity contribution < 1.29 is 0 Å². The molecule has 1 N–H and O–H groups in total. The van der Waals surface area contributed by atoms with Gasteiger partial charge >= 0.3 is 51.4 Å². The van der Waals surface area contributed by atoms with Gasteiger partial charge in [0.2, 0.25) is 0 Å². The normalized spacial score (nSPS) is 11.8. The third kappa shape index (κ3) is 2.51. The molecule has 0 saturated carbocycles. The molecule has 2 aromatic rings. The predicted octanol–water partition coefficient (Wildman–Crippen LogP) is 3.90. The zero-order chi connectivity index (χ0) is 10.3. The van der Waals surface area contributed by atoms with Crippen LogP contribution in [0, 0.1) is 0 Å². The number of halogens is 1. The molecule has 1 nitrogen and oxygen atoms in total. The van der Waals surface area contributed by atoms with E-state index in [4.69, 9.17) is 11.6 Å². The van der Waals surface area contributed by atoms with Gasteiger partial charge in [0, 0.05) is 14.8 Å². The molecule has 1 aliphatic rings. The van der Waals surface area contributed by atoms with Crippen molar-refractivity contribution in [3.63, 3.8) is 0 Å². The van der Waals surface area contributed by atoms with E-state index in [0.717, 1.165) is 16.4 Å². The number of hydrogen-bond donors (Lipinski definition) is 1. The van der Waals surface area contributed by atoms with E-state index in [2.05, 4.69) is 23.5 Å². The Morgan fingerprint density at radius 2 is 1.69 bits per heavy atom. The first kappa shape index (κ1) is 13.0. The molecule has 0 aromatic heterocycles. The third-order valence-electron chi connectivity index (χ3n) is 2.32. The number of rotatable bonds is 0. The van der Waals surface area contributed by atoms with E-state index in [0.29, 0.717) is 0 Å². The summed E-state index contributed by atoms with van der Waals surface area (Å²) < 4.78 is 0. The van der Waals surface area contributed by atoms with Crippen LogP contribution in [-0.4, -0.2) is 51.4 Å². The fourth-order valence-corrected chi connectivity index (χ4v) is 2.75. The van der Waals surface area contributed by atoms with Gasteiger partial charge in [-0.15, -0.1) is 0 Å². The molecule has 1 heterocycles. The Morgan fingerprint density at radius 1 is 0.938 bits per heavy atom. The summed E-state index contributed by atoms with van der Waals surface area (Å²) in [5, 5.41) is 4.14. The van der Waals surface area contributed by atoms with Gasteiger partial charge in [-0.2, -0.15) is 0 Å². The van der Waals surface area contributed by atoms with Crippen molar-refractivity contribution in [2.24, 2.45) is 0 Å². The zero-order valence-electron chi connectivity index (χ0n) is 7.83. The summed E-state index contributed by atoms with van der Waals surface area (Å²) in [4.78, 5) is 2.48. The van der Waals surface area contributed by atoms with Gasteiger partial charge in [0.05, 0.1) is 11.4 Å². The van der Waals surface area contributed by atoms with Gasteiger partial charge in [-0.25, -0.2) is 0 Å². The van der Waals surface area contributed by atoms with Crippen LogP contribution in [0.1, 0.15) is 0 Å². The van der Waals surface area contributed by atoms with Gasteiger partial charge in [-0.3, -0.25) is 0 Å². The second-order valence-corrected chi connectivity index (χ2v) is 4.88. The topological polar surface area (TPSA) is 12.0 Å². The molecule has 0 fully saturated rings. The Labute approximate surface area is 146 Å². The van der Waals surface area contributed by atoms with Gasteiger partial charge in [-0.1, -0.05) is 35.5 Å². The first-order valence-corrected chi connectivity index (χ1v) is 5.86. The van der Waals surface area contributed by atoms with Gasteiger partial charge in [0.15, 0.2) is 0 Å². The number of hydrogen-bond acceptors (Lipinski definition) is 2. The minimum absolute atomic E-state index is 0. The van der Waals surface area contributed by atoms with Gasteiger partial charge < -0.3 is 5.32 Å².